The van der Waals surface area contributed by atoms with E-state index in [1.807, 2.05) is 6.07 Å². The molecule has 29 heavy (non-hydrogen) atoms. The fourth-order valence-corrected chi connectivity index (χ4v) is 4.70. The fourth-order valence-electron chi connectivity index (χ4n) is 4.70. The van der Waals surface area contributed by atoms with Crippen LogP contribution in [0.15, 0.2) is 29.1 Å². The van der Waals surface area contributed by atoms with Gasteiger partial charge in [0.2, 0.25) is 0 Å². The molecule has 3 heterocycles. The molecule has 2 aromatic rings. The summed E-state index contributed by atoms with van der Waals surface area (Å²) in [6.45, 7) is 2.79. The van der Waals surface area contributed by atoms with Gasteiger partial charge in [0, 0.05) is 31.2 Å². The highest BCUT2D eigenvalue weighted by molar-refractivity contribution is 5.16. The predicted molar refractivity (Wildman–Crippen MR) is 106 cm³/mol. The topological polar surface area (TPSA) is 72.5 Å². The molecule has 2 saturated heterocycles. The average Bonchev–Trinajstić information content (AvgIpc) is 3.06. The summed E-state index contributed by atoms with van der Waals surface area (Å²) in [4.78, 5) is 14.5. The van der Waals surface area contributed by atoms with Crippen LogP contribution in [0.3, 0.4) is 0 Å². The Balaban J connectivity index is 1.31. The minimum Gasteiger partial charge on any atom is -0.390 e. The van der Waals surface area contributed by atoms with Crippen LogP contribution in [0.4, 0.5) is 4.39 Å². The second kappa shape index (κ2) is 8.38. The van der Waals surface area contributed by atoms with E-state index in [1.165, 1.54) is 15.3 Å². The Labute approximate surface area is 169 Å². The van der Waals surface area contributed by atoms with Gasteiger partial charge in [-0.3, -0.25) is 9.47 Å². The second-order valence-corrected chi connectivity index (χ2v) is 8.30. The molecule has 7 nitrogen and oxygen atoms in total. The van der Waals surface area contributed by atoms with Crippen molar-refractivity contribution in [2.24, 2.45) is 7.05 Å². The number of ether oxygens (including phenoxy) is 1. The Hall–Kier alpha value is -2.03. The Morgan fingerprint density at radius 3 is 2.55 bits per heavy atom. The van der Waals surface area contributed by atoms with Crippen LogP contribution in [0.25, 0.3) is 0 Å². The molecular formula is C21H29FN4O3. The molecule has 0 amide bonds. The van der Waals surface area contributed by atoms with Crippen LogP contribution in [0.2, 0.25) is 0 Å². The predicted octanol–water partition coefficient (Wildman–Crippen LogP) is 1.60. The SMILES string of the molecule is Cc1nn(CC(O)CN2C3CCC2CC(OCc2ccccc2F)C3)c(=O)n1C. The number of hydrogen-bond acceptors (Lipinski definition) is 5. The molecule has 0 aliphatic carbocycles. The van der Waals surface area contributed by atoms with Crippen LogP contribution in [0.1, 0.15) is 37.1 Å². The number of halogens is 1. The van der Waals surface area contributed by atoms with E-state index in [0.29, 0.717) is 36.6 Å². The van der Waals surface area contributed by atoms with E-state index in [1.54, 1.807) is 26.1 Å². The van der Waals surface area contributed by atoms with Crippen molar-refractivity contribution in [3.8, 4) is 0 Å². The highest BCUT2D eigenvalue weighted by Gasteiger charge is 2.41. The quantitative estimate of drug-likeness (QED) is 0.759. The lowest BCUT2D eigenvalue weighted by atomic mass is 9.99. The van der Waals surface area contributed by atoms with E-state index < -0.39 is 6.10 Å². The smallest absolute Gasteiger partial charge is 0.345 e. The molecule has 0 radical (unpaired) electrons. The van der Waals surface area contributed by atoms with E-state index in [2.05, 4.69) is 10.00 Å². The molecule has 3 unspecified atom stereocenters. The number of aliphatic hydroxyl groups excluding tert-OH is 1. The molecule has 1 aromatic carbocycles. The molecule has 158 valence electrons. The van der Waals surface area contributed by atoms with Crippen LogP contribution in [0, 0.1) is 12.7 Å². The van der Waals surface area contributed by atoms with Crippen LogP contribution in [-0.2, 0) is 24.9 Å². The van der Waals surface area contributed by atoms with E-state index in [0.717, 1.165) is 25.7 Å². The van der Waals surface area contributed by atoms with Crippen LogP contribution in [0.5, 0.6) is 0 Å². The molecule has 2 aliphatic rings. The van der Waals surface area contributed by atoms with E-state index in [9.17, 15) is 14.3 Å². The summed E-state index contributed by atoms with van der Waals surface area (Å²) in [6.07, 6.45) is 3.40. The lowest BCUT2D eigenvalue weighted by Crippen LogP contribution is -2.49. The largest absolute Gasteiger partial charge is 0.390 e. The first-order chi connectivity index (χ1) is 13.9. The van der Waals surface area contributed by atoms with Gasteiger partial charge in [0.25, 0.3) is 0 Å². The van der Waals surface area contributed by atoms with Gasteiger partial charge in [-0.05, 0) is 38.7 Å². The Bertz CT molecular complexity index is 898. The Morgan fingerprint density at radius 1 is 1.24 bits per heavy atom. The van der Waals surface area contributed by atoms with Crippen LogP contribution < -0.4 is 5.69 Å². The molecule has 8 heteroatoms. The maximum absolute atomic E-state index is 13.8. The molecule has 2 aliphatic heterocycles. The van der Waals surface area contributed by atoms with E-state index in [-0.39, 0.29) is 24.2 Å². The van der Waals surface area contributed by atoms with Crippen LogP contribution in [-0.4, -0.2) is 55.2 Å². The number of aryl methyl sites for hydroxylation is 1. The highest BCUT2D eigenvalue weighted by atomic mass is 19.1. The first kappa shape index (κ1) is 20.3. The molecule has 1 N–H and O–H groups in total. The number of fused-ring (bicyclic) bond motifs is 2. The average molecular weight is 404 g/mol. The summed E-state index contributed by atoms with van der Waals surface area (Å²) in [6, 6.07) is 7.44. The third-order valence-electron chi connectivity index (χ3n) is 6.34. The zero-order valence-corrected chi connectivity index (χ0v) is 17.0. The standard InChI is InChI=1S/C21H29FN4O3/c1-14-23-26(21(28)24(14)2)12-18(27)11-25-16-7-8-17(25)10-19(9-16)29-13-15-5-3-4-6-20(15)22/h3-6,16-19,27H,7-13H2,1-2H3. The Kier molecular flexibility index (Phi) is 5.85. The van der Waals surface area contributed by atoms with E-state index in [4.69, 9.17) is 4.74 Å². The van der Waals surface area contributed by atoms with Crippen molar-refractivity contribution in [3.05, 3.63) is 52.0 Å². The zero-order valence-electron chi connectivity index (χ0n) is 17.0. The van der Waals surface area contributed by atoms with E-state index >= 15 is 0 Å². The highest BCUT2D eigenvalue weighted by Crippen LogP contribution is 2.37. The summed E-state index contributed by atoms with van der Waals surface area (Å²) in [5, 5.41) is 14.8. The van der Waals surface area contributed by atoms with Crippen molar-refractivity contribution < 1.29 is 14.2 Å². The van der Waals surface area contributed by atoms with Gasteiger partial charge in [-0.25, -0.2) is 13.9 Å². The second-order valence-electron chi connectivity index (χ2n) is 8.30. The lowest BCUT2D eigenvalue weighted by Gasteiger charge is -2.39. The molecule has 1 aromatic heterocycles. The minimum absolute atomic E-state index is 0.113. The molecule has 2 bridgehead atoms. The lowest BCUT2D eigenvalue weighted by molar-refractivity contribution is -0.0408. The third kappa shape index (κ3) is 4.29. The number of piperidine rings is 1. The number of nitrogens with zero attached hydrogens (tertiary/aromatic N) is 4. The third-order valence-corrected chi connectivity index (χ3v) is 6.34. The molecule has 2 fully saturated rings. The summed E-state index contributed by atoms with van der Waals surface area (Å²) >= 11 is 0. The van der Waals surface area contributed by atoms with Crippen molar-refractivity contribution in [1.82, 2.24) is 19.2 Å². The van der Waals surface area contributed by atoms with Crippen molar-refractivity contribution in [1.29, 1.82) is 0 Å². The first-order valence-corrected chi connectivity index (χ1v) is 10.3. The summed E-state index contributed by atoms with van der Waals surface area (Å²) in [5.74, 6) is 0.408. The number of aliphatic hydroxyl groups is 1. The molecule has 3 atom stereocenters. The maximum atomic E-state index is 13.8. The molecule has 4 rings (SSSR count). The molecular weight excluding hydrogens is 375 g/mol. The zero-order chi connectivity index (χ0) is 20.5. The van der Waals surface area contributed by atoms with Crippen molar-refractivity contribution >= 4 is 0 Å². The normalized spacial score (nSPS) is 25.4. The summed E-state index contributed by atoms with van der Waals surface area (Å²) < 4.78 is 22.6. The maximum Gasteiger partial charge on any atom is 0.345 e. The fraction of sp³-hybridized carbons (Fsp3) is 0.619. The summed E-state index contributed by atoms with van der Waals surface area (Å²) in [7, 11) is 1.68. The number of benzene rings is 1. The van der Waals surface area contributed by atoms with Gasteiger partial charge in [0.05, 0.1) is 25.4 Å². The number of hydrogen-bond donors (Lipinski definition) is 1. The summed E-state index contributed by atoms with van der Waals surface area (Å²) in [5.41, 5.74) is 0.388. The van der Waals surface area contributed by atoms with Gasteiger partial charge in [-0.2, -0.15) is 5.10 Å². The van der Waals surface area contributed by atoms with Crippen molar-refractivity contribution in [3.63, 3.8) is 0 Å². The minimum atomic E-state index is -0.652. The molecule has 0 spiro atoms. The van der Waals surface area contributed by atoms with Gasteiger partial charge in [0.1, 0.15) is 11.6 Å². The van der Waals surface area contributed by atoms with Gasteiger partial charge < -0.3 is 9.84 Å². The van der Waals surface area contributed by atoms with Crippen LogP contribution >= 0.6 is 0 Å². The Morgan fingerprint density at radius 2 is 1.93 bits per heavy atom. The number of aromatic nitrogens is 3. The first-order valence-electron chi connectivity index (χ1n) is 10.3. The van der Waals surface area contributed by atoms with Crippen molar-refractivity contribution in [2.75, 3.05) is 6.54 Å². The van der Waals surface area contributed by atoms with Gasteiger partial charge in [-0.1, -0.05) is 18.2 Å². The number of rotatable bonds is 7. The van der Waals surface area contributed by atoms with Gasteiger partial charge in [-0.15, -0.1) is 0 Å². The van der Waals surface area contributed by atoms with Gasteiger partial charge >= 0.3 is 5.69 Å². The monoisotopic (exact) mass is 404 g/mol. The van der Waals surface area contributed by atoms with Crippen molar-refractivity contribution in [2.45, 2.75) is 70.1 Å². The van der Waals surface area contributed by atoms with Gasteiger partial charge in [0.15, 0.2) is 0 Å². The molecule has 0 saturated carbocycles.